The molecule has 20 heavy (non-hydrogen) atoms. The lowest BCUT2D eigenvalue weighted by Crippen LogP contribution is -2.22. The minimum atomic E-state index is -4.26. The lowest BCUT2D eigenvalue weighted by Gasteiger charge is -2.12. The predicted molar refractivity (Wildman–Crippen MR) is 79.7 cm³/mol. The van der Waals surface area contributed by atoms with E-state index in [-0.39, 0.29) is 0 Å². The van der Waals surface area contributed by atoms with Crippen molar-refractivity contribution in [2.24, 2.45) is 0 Å². The molecule has 0 amide bonds. The molecular weight excluding hydrogens is 343 g/mol. The number of rotatable bonds is 2. The molecular formula is C12H9Cl3N2O2S. The molecule has 0 N–H and O–H groups in total. The van der Waals surface area contributed by atoms with Crippen molar-refractivity contribution in [1.29, 1.82) is 0 Å². The Morgan fingerprint density at radius 1 is 1.05 bits per heavy atom. The van der Waals surface area contributed by atoms with Crippen LogP contribution in [0.1, 0.15) is 5.69 Å². The van der Waals surface area contributed by atoms with Crippen molar-refractivity contribution in [3.63, 3.8) is 0 Å². The maximum atomic E-state index is 12.1. The highest BCUT2D eigenvalue weighted by molar-refractivity contribution is 7.97. The minimum absolute atomic E-state index is 0.450. The second-order valence-electron chi connectivity index (χ2n) is 3.99. The second-order valence-corrected chi connectivity index (χ2v) is 8.93. The fourth-order valence-corrected chi connectivity index (χ4v) is 2.83. The Hall–Kier alpha value is -0.880. The van der Waals surface area contributed by atoms with Crippen LogP contribution in [0.5, 0.6) is 0 Å². The summed E-state index contributed by atoms with van der Waals surface area (Å²) >= 11 is 16.4. The summed E-state index contributed by atoms with van der Waals surface area (Å²) in [6.45, 7) is 1.64. The Kier molecular flexibility index (Phi) is 4.25. The molecule has 2 aromatic rings. The van der Waals surface area contributed by atoms with E-state index in [2.05, 4.69) is 9.97 Å². The number of halogens is 3. The number of aromatic nitrogens is 2. The molecule has 0 aliphatic heterocycles. The Balaban J connectivity index is 2.62. The number of alkyl halides is 3. The van der Waals surface area contributed by atoms with Gasteiger partial charge in [-0.15, -0.1) is 0 Å². The summed E-state index contributed by atoms with van der Waals surface area (Å²) in [5, 5.41) is -0.503. The third-order valence-electron chi connectivity index (χ3n) is 2.45. The van der Waals surface area contributed by atoms with Crippen LogP contribution in [-0.4, -0.2) is 21.5 Å². The molecule has 0 aliphatic carbocycles. The summed E-state index contributed by atoms with van der Waals surface area (Å²) in [5.41, 5.74) is 1.66. The van der Waals surface area contributed by atoms with Gasteiger partial charge in [-0.1, -0.05) is 65.1 Å². The minimum Gasteiger partial charge on any atom is -0.223 e. The standard InChI is InChI=1S/C12H9Cl3N2O2S/c1-8-7-10(9-5-3-2-4-6-9)17-11(16-8)20(18,19)12(13,14)15/h2-7H,1H3. The molecule has 1 aromatic heterocycles. The zero-order chi connectivity index (χ0) is 15.0. The molecule has 2 rings (SSSR count). The molecule has 0 aliphatic rings. The molecule has 0 bridgehead atoms. The number of nitrogens with zero attached hydrogens (tertiary/aromatic N) is 2. The molecule has 4 nitrogen and oxygen atoms in total. The predicted octanol–water partition coefficient (Wildman–Crippen LogP) is 3.55. The highest BCUT2D eigenvalue weighted by Gasteiger charge is 2.42. The van der Waals surface area contributed by atoms with Gasteiger partial charge in [0.1, 0.15) is 0 Å². The number of hydrogen-bond donors (Lipinski definition) is 0. The summed E-state index contributed by atoms with van der Waals surface area (Å²) in [4.78, 5) is 7.83. The van der Waals surface area contributed by atoms with Gasteiger partial charge in [0.2, 0.25) is 0 Å². The van der Waals surface area contributed by atoms with Crippen LogP contribution in [0.3, 0.4) is 0 Å². The summed E-state index contributed by atoms with van der Waals surface area (Å²) < 4.78 is 21.6. The SMILES string of the molecule is Cc1cc(-c2ccccc2)nc(S(=O)(=O)C(Cl)(Cl)Cl)n1. The molecule has 0 saturated carbocycles. The number of benzene rings is 1. The molecule has 0 saturated heterocycles. The van der Waals surface area contributed by atoms with Gasteiger partial charge in [0, 0.05) is 11.3 Å². The third kappa shape index (κ3) is 3.06. The van der Waals surface area contributed by atoms with Crippen LogP contribution < -0.4 is 0 Å². The zero-order valence-corrected chi connectivity index (χ0v) is 13.3. The van der Waals surface area contributed by atoms with Gasteiger partial charge in [-0.3, -0.25) is 0 Å². The molecule has 0 fully saturated rings. The van der Waals surface area contributed by atoms with Gasteiger partial charge in [-0.05, 0) is 13.0 Å². The maximum Gasteiger partial charge on any atom is 0.300 e. The first-order valence-corrected chi connectivity index (χ1v) is 8.06. The number of aryl methyl sites for hydroxylation is 1. The Labute approximate surface area is 131 Å². The van der Waals surface area contributed by atoms with Crippen molar-refractivity contribution in [3.05, 3.63) is 42.1 Å². The van der Waals surface area contributed by atoms with Crippen LogP contribution in [0.4, 0.5) is 0 Å². The van der Waals surface area contributed by atoms with Crippen LogP contribution >= 0.6 is 34.8 Å². The van der Waals surface area contributed by atoms with E-state index >= 15 is 0 Å². The first kappa shape index (κ1) is 15.5. The largest absolute Gasteiger partial charge is 0.300 e. The summed E-state index contributed by atoms with van der Waals surface area (Å²) in [6.07, 6.45) is 0. The van der Waals surface area contributed by atoms with Gasteiger partial charge in [0.25, 0.3) is 18.1 Å². The topological polar surface area (TPSA) is 59.9 Å². The van der Waals surface area contributed by atoms with Crippen molar-refractivity contribution in [1.82, 2.24) is 9.97 Å². The second kappa shape index (κ2) is 5.48. The van der Waals surface area contributed by atoms with Gasteiger partial charge in [-0.25, -0.2) is 18.4 Å². The Morgan fingerprint density at radius 3 is 2.20 bits per heavy atom. The molecule has 0 radical (unpaired) electrons. The van der Waals surface area contributed by atoms with Crippen molar-refractivity contribution >= 4 is 44.6 Å². The quantitative estimate of drug-likeness (QED) is 0.613. The zero-order valence-electron chi connectivity index (χ0n) is 10.2. The van der Waals surface area contributed by atoms with Gasteiger partial charge < -0.3 is 0 Å². The first-order valence-electron chi connectivity index (χ1n) is 5.44. The van der Waals surface area contributed by atoms with E-state index in [1.807, 2.05) is 18.2 Å². The average Bonchev–Trinajstić information content (AvgIpc) is 2.37. The maximum absolute atomic E-state index is 12.1. The number of sulfone groups is 1. The van der Waals surface area contributed by atoms with Crippen molar-refractivity contribution in [2.45, 2.75) is 15.2 Å². The van der Waals surface area contributed by atoms with Crippen molar-refractivity contribution in [2.75, 3.05) is 0 Å². The van der Waals surface area contributed by atoms with E-state index in [0.717, 1.165) is 5.56 Å². The summed E-state index contributed by atoms with van der Waals surface area (Å²) in [6, 6.07) is 10.7. The van der Waals surface area contributed by atoms with Gasteiger partial charge in [0.15, 0.2) is 0 Å². The van der Waals surface area contributed by atoms with E-state index in [1.165, 1.54) is 0 Å². The van der Waals surface area contributed by atoms with Gasteiger partial charge >= 0.3 is 0 Å². The molecule has 1 aromatic carbocycles. The molecule has 1 heterocycles. The monoisotopic (exact) mass is 350 g/mol. The highest BCUT2D eigenvalue weighted by Crippen LogP contribution is 2.36. The van der Waals surface area contributed by atoms with Gasteiger partial charge in [0.05, 0.1) is 5.69 Å². The number of hydrogen-bond acceptors (Lipinski definition) is 4. The van der Waals surface area contributed by atoms with E-state index in [1.54, 1.807) is 25.1 Å². The summed E-state index contributed by atoms with van der Waals surface area (Å²) in [7, 11) is -4.26. The smallest absolute Gasteiger partial charge is 0.223 e. The molecule has 0 unspecified atom stereocenters. The van der Waals surface area contributed by atoms with Crippen LogP contribution in [0.25, 0.3) is 11.3 Å². The fraction of sp³-hybridized carbons (Fsp3) is 0.167. The Morgan fingerprint density at radius 2 is 1.65 bits per heavy atom. The summed E-state index contributed by atoms with van der Waals surface area (Å²) in [5.74, 6) is 0. The fourth-order valence-electron chi connectivity index (χ4n) is 1.52. The van der Waals surface area contributed by atoms with Crippen LogP contribution in [0.15, 0.2) is 41.6 Å². The molecule has 106 valence electrons. The van der Waals surface area contributed by atoms with E-state index in [4.69, 9.17) is 34.8 Å². The van der Waals surface area contributed by atoms with E-state index in [9.17, 15) is 8.42 Å². The van der Waals surface area contributed by atoms with Crippen LogP contribution in [0, 0.1) is 6.92 Å². The lowest BCUT2D eigenvalue weighted by atomic mass is 10.1. The molecule has 0 spiro atoms. The van der Waals surface area contributed by atoms with E-state index in [0.29, 0.717) is 11.4 Å². The molecule has 8 heteroatoms. The lowest BCUT2D eigenvalue weighted by molar-refractivity contribution is 0.587. The highest BCUT2D eigenvalue weighted by atomic mass is 35.6. The van der Waals surface area contributed by atoms with Crippen LogP contribution in [0.2, 0.25) is 0 Å². The third-order valence-corrected chi connectivity index (χ3v) is 5.55. The van der Waals surface area contributed by atoms with Crippen molar-refractivity contribution in [3.8, 4) is 11.3 Å². The Bertz CT molecular complexity index is 728. The van der Waals surface area contributed by atoms with E-state index < -0.39 is 18.1 Å². The van der Waals surface area contributed by atoms with Crippen molar-refractivity contribution < 1.29 is 8.42 Å². The average molecular weight is 352 g/mol. The first-order chi connectivity index (χ1) is 9.22. The molecule has 0 atom stereocenters. The van der Waals surface area contributed by atoms with Crippen LogP contribution in [-0.2, 0) is 9.84 Å². The van der Waals surface area contributed by atoms with Gasteiger partial charge in [-0.2, -0.15) is 0 Å². The normalized spacial score (nSPS) is 12.4.